The van der Waals surface area contributed by atoms with Gasteiger partial charge in [0.15, 0.2) is 0 Å². The van der Waals surface area contributed by atoms with E-state index in [9.17, 15) is 0 Å². The summed E-state index contributed by atoms with van der Waals surface area (Å²) in [5, 5.41) is 7.53. The van der Waals surface area contributed by atoms with Crippen LogP contribution in [0.1, 0.15) is 0 Å². The Morgan fingerprint density at radius 3 is 3.00 bits per heavy atom. The Hall–Kier alpha value is -0.310. The van der Waals surface area contributed by atoms with E-state index in [-0.39, 0.29) is 0 Å². The van der Waals surface area contributed by atoms with Crippen molar-refractivity contribution < 1.29 is 0 Å². The first-order valence-electron chi connectivity index (χ1n) is 1.62. The maximum absolute atomic E-state index is 6.89. The van der Waals surface area contributed by atoms with Crippen LogP contribution in [0.2, 0.25) is 0 Å². The first-order valence-corrected chi connectivity index (χ1v) is 2.50. The Morgan fingerprint density at radius 2 is 2.83 bits per heavy atom. The van der Waals surface area contributed by atoms with Gasteiger partial charge < -0.3 is 0 Å². The summed E-state index contributed by atoms with van der Waals surface area (Å²) in [6, 6.07) is 0. The molecule has 0 aliphatic carbocycles. The average Bonchev–Trinajstić information content (AvgIpc) is 1.86. The van der Waals surface area contributed by atoms with E-state index in [4.69, 9.17) is 5.41 Å². The first kappa shape index (κ1) is 3.87. The number of rotatable bonds is 0. The maximum atomic E-state index is 6.89. The highest BCUT2D eigenvalue weighted by Crippen LogP contribution is 2.03. The number of aliphatic imine (C=N–C) groups is 1. The van der Waals surface area contributed by atoms with E-state index >= 15 is 0 Å². The predicted molar refractivity (Wildman–Crippen MR) is 28.7 cm³/mol. The molecular weight excluding hydrogens is 96.1 g/mol. The normalized spacial score (nSPS) is 19.7. The van der Waals surface area contributed by atoms with E-state index in [1.807, 2.05) is 0 Å². The zero-order valence-electron chi connectivity index (χ0n) is 3.14. The second-order valence-electron chi connectivity index (χ2n) is 0.987. The van der Waals surface area contributed by atoms with Crippen LogP contribution >= 0.6 is 11.8 Å². The molecule has 1 rings (SSSR count). The third-order valence-electron chi connectivity index (χ3n) is 0.504. The Balaban J connectivity index is 2.52. The van der Waals surface area contributed by atoms with Gasteiger partial charge in [-0.1, -0.05) is 11.8 Å². The van der Waals surface area contributed by atoms with Gasteiger partial charge in [-0.05, 0) is 0 Å². The van der Waals surface area contributed by atoms with Crippen LogP contribution in [0.3, 0.4) is 0 Å². The number of thioether (sulfide) groups is 1. The standard InChI is InChI=1S/C3H4N2S/c4-3-1-5-2-6-3/h2,4H,1H2. The topological polar surface area (TPSA) is 36.2 Å². The Kier molecular flexibility index (Phi) is 0.919. The van der Waals surface area contributed by atoms with Crippen LogP contribution in [0.5, 0.6) is 0 Å². The third-order valence-corrected chi connectivity index (χ3v) is 1.17. The molecule has 2 nitrogen and oxygen atoms in total. The van der Waals surface area contributed by atoms with E-state index in [2.05, 4.69) is 4.99 Å². The van der Waals surface area contributed by atoms with Gasteiger partial charge in [0.2, 0.25) is 0 Å². The van der Waals surface area contributed by atoms with Gasteiger partial charge in [-0.2, -0.15) is 0 Å². The van der Waals surface area contributed by atoms with Gasteiger partial charge in [0, 0.05) is 0 Å². The van der Waals surface area contributed by atoms with Gasteiger partial charge in [-0.3, -0.25) is 10.4 Å². The second-order valence-corrected chi connectivity index (χ2v) is 1.93. The Labute approximate surface area is 40.2 Å². The number of hydrogen-bond acceptors (Lipinski definition) is 3. The van der Waals surface area contributed by atoms with Crippen molar-refractivity contribution in [3.63, 3.8) is 0 Å². The monoisotopic (exact) mass is 100 g/mol. The largest absolute Gasteiger partial charge is 0.296 e. The summed E-state index contributed by atoms with van der Waals surface area (Å²) in [6.07, 6.45) is 0. The van der Waals surface area contributed by atoms with Crippen molar-refractivity contribution in [1.29, 1.82) is 5.41 Å². The van der Waals surface area contributed by atoms with E-state index in [0.29, 0.717) is 11.6 Å². The lowest BCUT2D eigenvalue weighted by molar-refractivity contribution is 1.32. The van der Waals surface area contributed by atoms with Crippen molar-refractivity contribution in [2.75, 3.05) is 6.54 Å². The minimum atomic E-state index is 0.602. The van der Waals surface area contributed by atoms with Gasteiger partial charge >= 0.3 is 0 Å². The van der Waals surface area contributed by atoms with Crippen molar-refractivity contribution >= 4 is 22.4 Å². The summed E-state index contributed by atoms with van der Waals surface area (Å²) in [5.41, 5.74) is 1.70. The van der Waals surface area contributed by atoms with Crippen LogP contribution < -0.4 is 0 Å². The zero-order chi connectivity index (χ0) is 4.41. The fraction of sp³-hybridized carbons (Fsp3) is 0.333. The van der Waals surface area contributed by atoms with Gasteiger partial charge in [-0.25, -0.2) is 0 Å². The maximum Gasteiger partial charge on any atom is 0.0913 e. The lowest BCUT2D eigenvalue weighted by Crippen LogP contribution is -1.83. The van der Waals surface area contributed by atoms with Crippen LogP contribution in [-0.2, 0) is 0 Å². The molecule has 0 aromatic rings. The van der Waals surface area contributed by atoms with Crippen LogP contribution in [0.15, 0.2) is 4.99 Å². The number of nitrogens with one attached hydrogen (secondary N) is 1. The fourth-order valence-electron chi connectivity index (χ4n) is 0.258. The lowest BCUT2D eigenvalue weighted by Gasteiger charge is -1.75. The van der Waals surface area contributed by atoms with Crippen molar-refractivity contribution in [1.82, 2.24) is 0 Å². The van der Waals surface area contributed by atoms with Gasteiger partial charge in [0.1, 0.15) is 0 Å². The number of nitrogens with zero attached hydrogens (tertiary/aromatic N) is 1. The van der Waals surface area contributed by atoms with E-state index in [0.717, 1.165) is 0 Å². The molecule has 0 spiro atoms. The molecule has 3 heteroatoms. The van der Waals surface area contributed by atoms with Gasteiger partial charge in [0.25, 0.3) is 0 Å². The third kappa shape index (κ3) is 0.597. The molecule has 0 fully saturated rings. The molecular formula is C3H4N2S. The summed E-state index contributed by atoms with van der Waals surface area (Å²) >= 11 is 1.39. The van der Waals surface area contributed by atoms with Crippen molar-refractivity contribution in [2.45, 2.75) is 0 Å². The highest BCUT2D eigenvalue weighted by molar-refractivity contribution is 8.25. The molecule has 0 amide bonds. The molecule has 1 N–H and O–H groups in total. The molecule has 0 radical (unpaired) electrons. The predicted octanol–water partition coefficient (Wildman–Crippen LogP) is 0.739. The summed E-state index contributed by atoms with van der Waals surface area (Å²) in [5.74, 6) is 0. The summed E-state index contributed by atoms with van der Waals surface area (Å²) in [4.78, 5) is 3.78. The smallest absolute Gasteiger partial charge is 0.0913 e. The van der Waals surface area contributed by atoms with Crippen LogP contribution in [-0.4, -0.2) is 17.1 Å². The second kappa shape index (κ2) is 1.43. The Morgan fingerprint density at radius 1 is 2.00 bits per heavy atom. The van der Waals surface area contributed by atoms with Crippen LogP contribution in [0.25, 0.3) is 0 Å². The highest BCUT2D eigenvalue weighted by Gasteiger charge is 1.97. The summed E-state index contributed by atoms with van der Waals surface area (Å²) < 4.78 is 0. The molecule has 1 aliphatic rings. The van der Waals surface area contributed by atoms with E-state index < -0.39 is 0 Å². The molecule has 6 heavy (non-hydrogen) atoms. The average molecular weight is 100 g/mol. The molecule has 0 unspecified atom stereocenters. The minimum absolute atomic E-state index is 0.602. The minimum Gasteiger partial charge on any atom is -0.296 e. The molecule has 1 heterocycles. The van der Waals surface area contributed by atoms with Crippen LogP contribution in [0.4, 0.5) is 0 Å². The van der Waals surface area contributed by atoms with Crippen molar-refractivity contribution in [3.8, 4) is 0 Å². The molecule has 0 aromatic heterocycles. The quantitative estimate of drug-likeness (QED) is 0.479. The molecule has 0 bridgehead atoms. The van der Waals surface area contributed by atoms with E-state index in [1.54, 1.807) is 5.55 Å². The van der Waals surface area contributed by atoms with Crippen LogP contribution in [0, 0.1) is 5.41 Å². The first-order chi connectivity index (χ1) is 2.89. The molecule has 1 aliphatic heterocycles. The molecule has 0 saturated heterocycles. The Bertz CT molecular complexity index is 87.0. The molecule has 0 aromatic carbocycles. The summed E-state index contributed by atoms with van der Waals surface area (Å²) in [6.45, 7) is 0.602. The van der Waals surface area contributed by atoms with Gasteiger partial charge in [0.05, 0.1) is 17.1 Å². The summed E-state index contributed by atoms with van der Waals surface area (Å²) in [7, 11) is 0. The lowest BCUT2D eigenvalue weighted by atomic mass is 10.7. The number of hydrogen-bond donors (Lipinski definition) is 1. The van der Waals surface area contributed by atoms with E-state index in [1.165, 1.54) is 11.8 Å². The van der Waals surface area contributed by atoms with Gasteiger partial charge in [-0.15, -0.1) is 0 Å². The van der Waals surface area contributed by atoms with Crippen molar-refractivity contribution in [3.05, 3.63) is 0 Å². The molecule has 0 atom stereocenters. The fourth-order valence-corrected chi connectivity index (χ4v) is 0.684. The molecule has 0 saturated carbocycles. The SMILES string of the molecule is N=C1CN=CS1. The van der Waals surface area contributed by atoms with Crippen molar-refractivity contribution in [2.24, 2.45) is 4.99 Å². The molecule has 32 valence electrons. The highest BCUT2D eigenvalue weighted by atomic mass is 32.2. The zero-order valence-corrected chi connectivity index (χ0v) is 3.96.